The standard InChI is InChI=1S/C18H24N4OS/c1-3-21-7-9-22(10-8-21)17(24)4-6-19-15-5-11-23-16-12-14(2)13-20-18(15)16/h3,12-13H,1,4-11H2,2H3. The Labute approximate surface area is 149 Å². The minimum atomic E-state index is 0.672. The summed E-state index contributed by atoms with van der Waals surface area (Å²) < 4.78 is 5.69. The number of nitrogens with zero attached hydrogens (tertiary/aromatic N) is 4. The van der Waals surface area contributed by atoms with Crippen LogP contribution in [0.2, 0.25) is 0 Å². The summed E-state index contributed by atoms with van der Waals surface area (Å²) >= 11 is 5.58. The highest BCUT2D eigenvalue weighted by atomic mass is 32.1. The fraction of sp³-hybridized carbons (Fsp3) is 0.500. The lowest BCUT2D eigenvalue weighted by molar-refractivity contribution is 0.238. The van der Waals surface area contributed by atoms with Crippen molar-refractivity contribution in [2.45, 2.75) is 19.8 Å². The van der Waals surface area contributed by atoms with Gasteiger partial charge in [0.05, 0.1) is 17.3 Å². The topological polar surface area (TPSA) is 41.0 Å². The molecule has 0 bridgehead atoms. The van der Waals surface area contributed by atoms with Gasteiger partial charge in [0.15, 0.2) is 0 Å². The van der Waals surface area contributed by atoms with Crippen molar-refractivity contribution in [3.63, 3.8) is 0 Å². The Hall–Kier alpha value is -1.95. The predicted molar refractivity (Wildman–Crippen MR) is 101 cm³/mol. The van der Waals surface area contributed by atoms with E-state index in [4.69, 9.17) is 21.9 Å². The number of aryl methyl sites for hydroxylation is 1. The minimum Gasteiger partial charge on any atom is -0.491 e. The summed E-state index contributed by atoms with van der Waals surface area (Å²) in [5.41, 5.74) is 3.03. The molecule has 0 spiro atoms. The summed E-state index contributed by atoms with van der Waals surface area (Å²) in [5.74, 6) is 0.850. The molecule has 3 rings (SSSR count). The fourth-order valence-corrected chi connectivity index (χ4v) is 3.27. The SMILES string of the molecule is C=CN1CCN(C(=S)CCN=C2CCOc3cc(C)cnc32)CC1. The summed E-state index contributed by atoms with van der Waals surface area (Å²) in [7, 11) is 0. The molecule has 2 aliphatic heterocycles. The van der Waals surface area contributed by atoms with Gasteiger partial charge >= 0.3 is 0 Å². The predicted octanol–water partition coefficient (Wildman–Crippen LogP) is 2.44. The lowest BCUT2D eigenvalue weighted by Crippen LogP contribution is -2.46. The average molecular weight is 344 g/mol. The maximum absolute atomic E-state index is 5.69. The van der Waals surface area contributed by atoms with Crippen molar-refractivity contribution in [1.29, 1.82) is 0 Å². The van der Waals surface area contributed by atoms with Crippen LogP contribution < -0.4 is 4.74 Å². The molecule has 0 unspecified atom stereocenters. The van der Waals surface area contributed by atoms with Gasteiger partial charge in [0.1, 0.15) is 11.4 Å². The first-order valence-corrected chi connectivity index (χ1v) is 8.85. The van der Waals surface area contributed by atoms with Crippen LogP contribution in [0, 0.1) is 6.92 Å². The Morgan fingerprint density at radius 1 is 1.42 bits per heavy atom. The van der Waals surface area contributed by atoms with E-state index in [0.717, 1.165) is 66.7 Å². The van der Waals surface area contributed by atoms with Crippen LogP contribution in [0.4, 0.5) is 0 Å². The number of aliphatic imine (C=N–C) groups is 1. The van der Waals surface area contributed by atoms with Crippen molar-refractivity contribution in [2.75, 3.05) is 39.3 Å². The zero-order valence-electron chi connectivity index (χ0n) is 14.2. The van der Waals surface area contributed by atoms with E-state index >= 15 is 0 Å². The second-order valence-electron chi connectivity index (χ2n) is 6.14. The Morgan fingerprint density at radius 3 is 2.96 bits per heavy atom. The molecule has 5 nitrogen and oxygen atoms in total. The quantitative estimate of drug-likeness (QED) is 0.785. The summed E-state index contributed by atoms with van der Waals surface area (Å²) in [6, 6.07) is 2.03. The van der Waals surface area contributed by atoms with E-state index in [-0.39, 0.29) is 0 Å². The molecule has 1 fully saturated rings. The Balaban J connectivity index is 1.56. The lowest BCUT2D eigenvalue weighted by Gasteiger charge is -2.35. The molecule has 1 saturated heterocycles. The van der Waals surface area contributed by atoms with Gasteiger partial charge in [-0.05, 0) is 24.8 Å². The number of rotatable bonds is 4. The molecule has 128 valence electrons. The van der Waals surface area contributed by atoms with E-state index < -0.39 is 0 Å². The summed E-state index contributed by atoms with van der Waals surface area (Å²) in [5, 5.41) is 0. The number of thiocarbonyl (C=S) groups is 1. The second-order valence-corrected chi connectivity index (χ2v) is 6.61. The normalized spacial score (nSPS) is 19.0. The number of aromatic nitrogens is 1. The lowest BCUT2D eigenvalue weighted by atomic mass is 10.1. The molecule has 0 atom stereocenters. The van der Waals surface area contributed by atoms with Crippen molar-refractivity contribution in [3.05, 3.63) is 36.3 Å². The van der Waals surface area contributed by atoms with Crippen LogP contribution in [-0.2, 0) is 0 Å². The molecule has 3 heterocycles. The van der Waals surface area contributed by atoms with Crippen LogP contribution in [0.25, 0.3) is 0 Å². The molecular formula is C18H24N4OS. The third kappa shape index (κ3) is 3.93. The zero-order valence-corrected chi connectivity index (χ0v) is 15.0. The smallest absolute Gasteiger partial charge is 0.147 e. The molecule has 2 aliphatic rings. The van der Waals surface area contributed by atoms with Crippen LogP contribution in [0.15, 0.2) is 30.0 Å². The highest BCUT2D eigenvalue weighted by molar-refractivity contribution is 7.80. The van der Waals surface area contributed by atoms with Crippen LogP contribution >= 0.6 is 12.2 Å². The summed E-state index contributed by atoms with van der Waals surface area (Å²) in [6.45, 7) is 11.2. The number of hydrogen-bond acceptors (Lipinski definition) is 5. The van der Waals surface area contributed by atoms with Crippen LogP contribution in [0.1, 0.15) is 24.1 Å². The number of hydrogen-bond donors (Lipinski definition) is 0. The van der Waals surface area contributed by atoms with E-state index in [2.05, 4.69) is 21.4 Å². The highest BCUT2D eigenvalue weighted by Gasteiger charge is 2.19. The van der Waals surface area contributed by atoms with E-state index in [0.29, 0.717) is 13.2 Å². The van der Waals surface area contributed by atoms with Gasteiger partial charge in [0, 0.05) is 51.8 Å². The van der Waals surface area contributed by atoms with Gasteiger partial charge in [0.25, 0.3) is 0 Å². The second kappa shape index (κ2) is 7.75. The Kier molecular flexibility index (Phi) is 5.45. The van der Waals surface area contributed by atoms with Gasteiger partial charge in [-0.15, -0.1) is 0 Å². The number of ether oxygens (including phenoxy) is 1. The van der Waals surface area contributed by atoms with Crippen LogP contribution in [-0.4, -0.2) is 64.8 Å². The van der Waals surface area contributed by atoms with Crippen molar-refractivity contribution in [3.8, 4) is 5.75 Å². The van der Waals surface area contributed by atoms with Gasteiger partial charge in [0.2, 0.25) is 0 Å². The van der Waals surface area contributed by atoms with Crippen molar-refractivity contribution >= 4 is 22.9 Å². The van der Waals surface area contributed by atoms with Crippen molar-refractivity contribution in [1.82, 2.24) is 14.8 Å². The van der Waals surface area contributed by atoms with E-state index in [1.54, 1.807) is 0 Å². The van der Waals surface area contributed by atoms with Crippen molar-refractivity contribution in [2.24, 2.45) is 4.99 Å². The molecule has 0 amide bonds. The molecule has 0 aliphatic carbocycles. The monoisotopic (exact) mass is 344 g/mol. The molecule has 0 N–H and O–H groups in total. The fourth-order valence-electron chi connectivity index (χ4n) is 3.00. The Bertz CT molecular complexity index is 650. The maximum atomic E-state index is 5.69. The van der Waals surface area contributed by atoms with Crippen molar-refractivity contribution < 1.29 is 4.74 Å². The van der Waals surface area contributed by atoms with E-state index in [9.17, 15) is 0 Å². The third-order valence-corrected chi connectivity index (χ3v) is 4.88. The van der Waals surface area contributed by atoms with Gasteiger partial charge in [-0.1, -0.05) is 18.8 Å². The van der Waals surface area contributed by atoms with Gasteiger partial charge in [-0.3, -0.25) is 9.98 Å². The van der Waals surface area contributed by atoms with Gasteiger partial charge in [-0.2, -0.15) is 0 Å². The number of fused-ring (bicyclic) bond motifs is 1. The van der Waals surface area contributed by atoms with Crippen LogP contribution in [0.5, 0.6) is 5.75 Å². The van der Waals surface area contributed by atoms with Gasteiger partial charge < -0.3 is 14.5 Å². The maximum Gasteiger partial charge on any atom is 0.147 e. The van der Waals surface area contributed by atoms with Gasteiger partial charge in [-0.25, -0.2) is 0 Å². The van der Waals surface area contributed by atoms with Crippen LogP contribution in [0.3, 0.4) is 0 Å². The Morgan fingerprint density at radius 2 is 2.21 bits per heavy atom. The molecule has 1 aromatic heterocycles. The molecule has 0 aromatic carbocycles. The largest absolute Gasteiger partial charge is 0.491 e. The molecule has 1 aromatic rings. The molecule has 6 heteroatoms. The minimum absolute atomic E-state index is 0.672. The highest BCUT2D eigenvalue weighted by Crippen LogP contribution is 2.24. The number of pyridine rings is 1. The average Bonchev–Trinajstić information content (AvgIpc) is 2.61. The first-order chi connectivity index (χ1) is 11.7. The molecular weight excluding hydrogens is 320 g/mol. The number of piperazine rings is 1. The van der Waals surface area contributed by atoms with E-state index in [1.807, 2.05) is 25.4 Å². The molecule has 0 saturated carbocycles. The van der Waals surface area contributed by atoms with E-state index in [1.165, 1.54) is 0 Å². The summed E-state index contributed by atoms with van der Waals surface area (Å²) in [4.78, 5) is 14.8. The zero-order chi connectivity index (χ0) is 16.9. The third-order valence-electron chi connectivity index (χ3n) is 4.41. The molecule has 24 heavy (non-hydrogen) atoms. The summed E-state index contributed by atoms with van der Waals surface area (Å²) in [6.07, 6.45) is 5.40. The first-order valence-electron chi connectivity index (χ1n) is 8.45. The molecule has 0 radical (unpaired) electrons. The first kappa shape index (κ1) is 16.9.